The highest BCUT2D eigenvalue weighted by Crippen LogP contribution is 2.05. The Balaban J connectivity index is 2.03. The maximum absolute atomic E-state index is 11.5. The number of hydrogen-bond donors (Lipinski definition) is 1. The molecule has 1 heterocycles. The summed E-state index contributed by atoms with van der Waals surface area (Å²) in [5.74, 6) is -0.0761. The van der Waals surface area contributed by atoms with Crippen molar-refractivity contribution in [2.24, 2.45) is 0 Å². The van der Waals surface area contributed by atoms with Crippen molar-refractivity contribution >= 4 is 17.2 Å². The highest BCUT2D eigenvalue weighted by atomic mass is 32.1. The lowest BCUT2D eigenvalue weighted by molar-refractivity contribution is -0.116. The fourth-order valence-electron chi connectivity index (χ4n) is 1.75. The Morgan fingerprint density at radius 1 is 1.30 bits per heavy atom. The van der Waals surface area contributed by atoms with Gasteiger partial charge < -0.3 is 5.32 Å². The van der Waals surface area contributed by atoms with Crippen molar-refractivity contribution in [2.45, 2.75) is 52.0 Å². The summed E-state index contributed by atoms with van der Waals surface area (Å²) >= 11 is 1.54. The molecule has 0 unspecified atom stereocenters. The summed E-state index contributed by atoms with van der Waals surface area (Å²) in [4.78, 5) is 15.6. The molecule has 0 aromatic carbocycles. The number of carbonyl (C=O) groups is 1. The number of thiazole rings is 1. The van der Waals surface area contributed by atoms with Crippen LogP contribution in [0.15, 0.2) is 35.9 Å². The molecular weight excluding hydrogens is 268 g/mol. The van der Waals surface area contributed by atoms with Gasteiger partial charge in [0.2, 0.25) is 5.91 Å². The molecule has 0 aliphatic rings. The molecule has 3 nitrogen and oxygen atoms in total. The number of unbranched alkanes of at least 4 members (excludes halogenated alkanes) is 5. The molecule has 20 heavy (non-hydrogen) atoms. The zero-order chi connectivity index (χ0) is 14.5. The minimum Gasteiger partial charge on any atom is -0.346 e. The third-order valence-electron chi connectivity index (χ3n) is 2.87. The van der Waals surface area contributed by atoms with Crippen LogP contribution in [0.1, 0.15) is 50.5 Å². The van der Waals surface area contributed by atoms with Gasteiger partial charge in [0.25, 0.3) is 0 Å². The Morgan fingerprint density at radius 2 is 2.15 bits per heavy atom. The van der Waals surface area contributed by atoms with Gasteiger partial charge in [-0.3, -0.25) is 4.79 Å². The lowest BCUT2D eigenvalue weighted by Crippen LogP contribution is -2.19. The average molecular weight is 292 g/mol. The van der Waals surface area contributed by atoms with E-state index in [0.717, 1.165) is 11.4 Å². The van der Waals surface area contributed by atoms with E-state index in [1.54, 1.807) is 29.7 Å². The van der Waals surface area contributed by atoms with E-state index in [1.165, 1.54) is 32.1 Å². The van der Waals surface area contributed by atoms with Gasteiger partial charge in [-0.1, -0.05) is 50.8 Å². The predicted octanol–water partition coefficient (Wildman–Crippen LogP) is 4.23. The van der Waals surface area contributed by atoms with Crippen molar-refractivity contribution < 1.29 is 4.79 Å². The zero-order valence-corrected chi connectivity index (χ0v) is 13.0. The van der Waals surface area contributed by atoms with E-state index in [0.29, 0.717) is 6.54 Å². The van der Waals surface area contributed by atoms with Gasteiger partial charge in [0, 0.05) is 17.7 Å². The second kappa shape index (κ2) is 11.4. The second-order valence-corrected chi connectivity index (χ2v) is 5.61. The fraction of sp³-hybridized carbons (Fsp3) is 0.500. The molecule has 0 saturated heterocycles. The van der Waals surface area contributed by atoms with Crippen LogP contribution in [0.25, 0.3) is 0 Å². The lowest BCUT2D eigenvalue weighted by atomic mass is 10.1. The first-order valence-electron chi connectivity index (χ1n) is 7.32. The third-order valence-corrected chi connectivity index (χ3v) is 3.65. The number of allylic oxidation sites excluding steroid dienone is 3. The molecular formula is C16H24N2OS. The predicted molar refractivity (Wildman–Crippen MR) is 85.6 cm³/mol. The van der Waals surface area contributed by atoms with E-state index in [4.69, 9.17) is 0 Å². The molecule has 1 rings (SSSR count). The Kier molecular flexibility index (Phi) is 9.49. The van der Waals surface area contributed by atoms with E-state index in [9.17, 15) is 4.79 Å². The van der Waals surface area contributed by atoms with Crippen LogP contribution in [0, 0.1) is 0 Å². The number of rotatable bonds is 10. The first-order chi connectivity index (χ1) is 9.83. The number of hydrogen-bond acceptors (Lipinski definition) is 3. The molecule has 1 N–H and O–H groups in total. The van der Waals surface area contributed by atoms with Crippen molar-refractivity contribution in [3.8, 4) is 0 Å². The Hall–Kier alpha value is -1.42. The second-order valence-electron chi connectivity index (χ2n) is 4.63. The SMILES string of the molecule is CCCCCCC/C=C/C=C/C(=O)NCc1nccs1. The fourth-order valence-corrected chi connectivity index (χ4v) is 2.30. The number of amides is 1. The van der Waals surface area contributed by atoms with Gasteiger partial charge in [0.15, 0.2) is 0 Å². The zero-order valence-electron chi connectivity index (χ0n) is 12.2. The maximum Gasteiger partial charge on any atom is 0.244 e. The van der Waals surface area contributed by atoms with Crippen molar-refractivity contribution in [2.75, 3.05) is 0 Å². The highest BCUT2D eigenvalue weighted by molar-refractivity contribution is 7.09. The topological polar surface area (TPSA) is 42.0 Å². The highest BCUT2D eigenvalue weighted by Gasteiger charge is 1.97. The van der Waals surface area contributed by atoms with E-state index >= 15 is 0 Å². The van der Waals surface area contributed by atoms with Gasteiger partial charge in [-0.2, -0.15) is 0 Å². The molecule has 0 aliphatic heterocycles. The number of nitrogens with zero attached hydrogens (tertiary/aromatic N) is 1. The van der Waals surface area contributed by atoms with Crippen molar-refractivity contribution in [3.05, 3.63) is 40.9 Å². The average Bonchev–Trinajstić information content (AvgIpc) is 2.96. The van der Waals surface area contributed by atoms with Crippen LogP contribution < -0.4 is 5.32 Å². The van der Waals surface area contributed by atoms with Gasteiger partial charge in [-0.15, -0.1) is 11.3 Å². The number of nitrogens with one attached hydrogen (secondary N) is 1. The standard InChI is InChI=1S/C16H24N2OS/c1-2-3-4-5-6-7-8-9-10-11-15(19)18-14-16-17-12-13-20-16/h8-13H,2-7,14H2,1H3,(H,18,19)/b9-8+,11-10+. The molecule has 0 spiro atoms. The summed E-state index contributed by atoms with van der Waals surface area (Å²) in [6.45, 7) is 2.73. The lowest BCUT2D eigenvalue weighted by Gasteiger charge is -1.97. The van der Waals surface area contributed by atoms with E-state index in [2.05, 4.69) is 23.3 Å². The van der Waals surface area contributed by atoms with Crippen molar-refractivity contribution in [3.63, 3.8) is 0 Å². The van der Waals surface area contributed by atoms with Crippen LogP contribution in [0.5, 0.6) is 0 Å². The first kappa shape index (κ1) is 16.6. The van der Waals surface area contributed by atoms with Crippen LogP contribution in [0.4, 0.5) is 0 Å². The molecule has 0 fully saturated rings. The Labute approximate surface area is 125 Å². The van der Waals surface area contributed by atoms with Gasteiger partial charge in [-0.25, -0.2) is 4.98 Å². The van der Waals surface area contributed by atoms with E-state index < -0.39 is 0 Å². The molecule has 0 saturated carbocycles. The normalized spacial score (nSPS) is 11.4. The molecule has 1 amide bonds. The van der Waals surface area contributed by atoms with Crippen LogP contribution in [-0.4, -0.2) is 10.9 Å². The Bertz CT molecular complexity index is 410. The summed E-state index contributed by atoms with van der Waals surface area (Å²) in [5.41, 5.74) is 0. The molecule has 0 bridgehead atoms. The minimum atomic E-state index is -0.0761. The third kappa shape index (κ3) is 8.64. The maximum atomic E-state index is 11.5. The van der Waals surface area contributed by atoms with Crippen molar-refractivity contribution in [1.29, 1.82) is 0 Å². The van der Waals surface area contributed by atoms with Gasteiger partial charge >= 0.3 is 0 Å². The van der Waals surface area contributed by atoms with Gasteiger partial charge in [0.05, 0.1) is 6.54 Å². The smallest absolute Gasteiger partial charge is 0.244 e. The number of aromatic nitrogens is 1. The monoisotopic (exact) mass is 292 g/mol. The molecule has 4 heteroatoms. The van der Waals surface area contributed by atoms with Crippen molar-refractivity contribution in [1.82, 2.24) is 10.3 Å². The van der Waals surface area contributed by atoms with Crippen LogP contribution in [0.2, 0.25) is 0 Å². The summed E-state index contributed by atoms with van der Waals surface area (Å²) < 4.78 is 0. The molecule has 110 valence electrons. The van der Waals surface area contributed by atoms with Crippen LogP contribution >= 0.6 is 11.3 Å². The molecule has 0 aliphatic carbocycles. The summed E-state index contributed by atoms with van der Waals surface area (Å²) in [6, 6.07) is 0. The quantitative estimate of drug-likeness (QED) is 0.398. The van der Waals surface area contributed by atoms with E-state index in [-0.39, 0.29) is 5.91 Å². The molecule has 0 atom stereocenters. The summed E-state index contributed by atoms with van der Waals surface area (Å²) in [7, 11) is 0. The Morgan fingerprint density at radius 3 is 2.90 bits per heavy atom. The molecule has 0 radical (unpaired) electrons. The first-order valence-corrected chi connectivity index (χ1v) is 8.20. The summed E-state index contributed by atoms with van der Waals surface area (Å²) in [5, 5.41) is 5.63. The summed E-state index contributed by atoms with van der Waals surface area (Å²) in [6.07, 6.45) is 16.7. The largest absolute Gasteiger partial charge is 0.346 e. The van der Waals surface area contributed by atoms with Crippen LogP contribution in [-0.2, 0) is 11.3 Å². The number of carbonyl (C=O) groups excluding carboxylic acids is 1. The van der Waals surface area contributed by atoms with Gasteiger partial charge in [0.1, 0.15) is 5.01 Å². The molecule has 1 aromatic heterocycles. The molecule has 1 aromatic rings. The minimum absolute atomic E-state index is 0.0761. The van der Waals surface area contributed by atoms with Crippen LogP contribution in [0.3, 0.4) is 0 Å². The van der Waals surface area contributed by atoms with Gasteiger partial charge in [-0.05, 0) is 12.8 Å². The van der Waals surface area contributed by atoms with E-state index in [1.807, 2.05) is 11.5 Å².